The predicted octanol–water partition coefficient (Wildman–Crippen LogP) is 2.33. The van der Waals surface area contributed by atoms with Gasteiger partial charge in [-0.3, -0.25) is 0 Å². The van der Waals surface area contributed by atoms with Crippen LogP contribution in [0.5, 0.6) is 17.2 Å². The summed E-state index contributed by atoms with van der Waals surface area (Å²) in [6, 6.07) is 9.75. The third-order valence-corrected chi connectivity index (χ3v) is 4.68. The van der Waals surface area contributed by atoms with E-state index in [9.17, 15) is 8.42 Å². The lowest BCUT2D eigenvalue weighted by Gasteiger charge is -2.11. The lowest BCUT2D eigenvalue weighted by Crippen LogP contribution is -2.18. The van der Waals surface area contributed by atoms with Crippen LogP contribution in [0.3, 0.4) is 0 Å². The summed E-state index contributed by atoms with van der Waals surface area (Å²) in [7, 11) is 0.775. The van der Waals surface area contributed by atoms with Crippen molar-refractivity contribution in [3.63, 3.8) is 0 Å². The number of aryl methyl sites for hydroxylation is 1. The Balaban J connectivity index is 2.25. The first kappa shape index (κ1) is 18.6. The van der Waals surface area contributed by atoms with Crippen LogP contribution in [0.25, 0.3) is 0 Å². The van der Waals surface area contributed by atoms with Crippen molar-refractivity contribution >= 4 is 16.2 Å². The molecule has 0 aliphatic carbocycles. The summed E-state index contributed by atoms with van der Waals surface area (Å²) in [5, 5.41) is 3.81. The second kappa shape index (κ2) is 7.89. The van der Waals surface area contributed by atoms with Gasteiger partial charge in [-0.1, -0.05) is 17.7 Å². The fourth-order valence-electron chi connectivity index (χ4n) is 2.09. The topological polar surface area (TPSA) is 86.2 Å². The Hall–Kier alpha value is -2.74. The van der Waals surface area contributed by atoms with Gasteiger partial charge < -0.3 is 14.2 Å². The number of rotatable bonds is 7. The lowest BCUT2D eigenvalue weighted by atomic mass is 10.2. The zero-order chi connectivity index (χ0) is 18.4. The van der Waals surface area contributed by atoms with Crippen molar-refractivity contribution < 1.29 is 22.6 Å². The van der Waals surface area contributed by atoms with E-state index in [1.165, 1.54) is 39.7 Å². The molecule has 0 aliphatic rings. The highest BCUT2D eigenvalue weighted by Crippen LogP contribution is 2.33. The molecule has 0 saturated heterocycles. The summed E-state index contributed by atoms with van der Waals surface area (Å²) in [5.41, 5.74) is 1.50. The Labute approximate surface area is 147 Å². The molecule has 0 aromatic heterocycles. The molecule has 8 heteroatoms. The van der Waals surface area contributed by atoms with E-state index >= 15 is 0 Å². The number of nitrogens with one attached hydrogen (secondary N) is 1. The van der Waals surface area contributed by atoms with Crippen molar-refractivity contribution in [1.29, 1.82) is 0 Å². The van der Waals surface area contributed by atoms with Crippen LogP contribution in [-0.4, -0.2) is 36.0 Å². The second-order valence-electron chi connectivity index (χ2n) is 5.12. The van der Waals surface area contributed by atoms with Crippen molar-refractivity contribution in [2.45, 2.75) is 11.8 Å². The van der Waals surface area contributed by atoms with Crippen molar-refractivity contribution in [2.24, 2.45) is 5.10 Å². The van der Waals surface area contributed by atoms with Gasteiger partial charge in [0.05, 0.1) is 32.4 Å². The lowest BCUT2D eigenvalue weighted by molar-refractivity contribution is 0.349. The smallest absolute Gasteiger partial charge is 0.276 e. The van der Waals surface area contributed by atoms with Gasteiger partial charge in [-0.15, -0.1) is 0 Å². The monoisotopic (exact) mass is 364 g/mol. The van der Waals surface area contributed by atoms with Crippen LogP contribution in [0.2, 0.25) is 0 Å². The molecule has 0 radical (unpaired) electrons. The van der Waals surface area contributed by atoms with Crippen molar-refractivity contribution in [3.05, 3.63) is 47.5 Å². The molecule has 2 aromatic rings. The molecule has 0 unspecified atom stereocenters. The molecule has 0 amide bonds. The van der Waals surface area contributed by atoms with Crippen LogP contribution in [0.15, 0.2) is 46.4 Å². The van der Waals surface area contributed by atoms with E-state index < -0.39 is 10.0 Å². The van der Waals surface area contributed by atoms with Crippen LogP contribution in [0.1, 0.15) is 11.1 Å². The van der Waals surface area contributed by atoms with Crippen molar-refractivity contribution in [1.82, 2.24) is 4.83 Å². The van der Waals surface area contributed by atoms with Crippen LogP contribution < -0.4 is 19.0 Å². The summed E-state index contributed by atoms with van der Waals surface area (Å²) in [6.45, 7) is 1.88. The molecule has 0 saturated carbocycles. The molecule has 25 heavy (non-hydrogen) atoms. The molecule has 2 aromatic carbocycles. The normalized spacial score (nSPS) is 11.4. The van der Waals surface area contributed by atoms with E-state index in [0.717, 1.165) is 5.56 Å². The van der Waals surface area contributed by atoms with Crippen LogP contribution in [0, 0.1) is 6.92 Å². The standard InChI is InChI=1S/C17H20N2O5S/c1-12-5-7-14(8-6-12)25(20,21)19-18-11-13-9-16(23-3)17(24-4)10-15(13)22-2/h5-11,19H,1-4H3. The fourth-order valence-corrected chi connectivity index (χ4v) is 2.88. The third-order valence-electron chi connectivity index (χ3n) is 3.44. The molecule has 1 N–H and O–H groups in total. The average molecular weight is 364 g/mol. The molecule has 0 bridgehead atoms. The highest BCUT2D eigenvalue weighted by atomic mass is 32.2. The summed E-state index contributed by atoms with van der Waals surface area (Å²) >= 11 is 0. The minimum atomic E-state index is -3.74. The Morgan fingerprint density at radius 2 is 1.48 bits per heavy atom. The zero-order valence-electron chi connectivity index (χ0n) is 14.4. The number of benzene rings is 2. The van der Waals surface area contributed by atoms with Crippen molar-refractivity contribution in [3.8, 4) is 17.2 Å². The fraction of sp³-hybridized carbons (Fsp3) is 0.235. The molecule has 0 spiro atoms. The first-order chi connectivity index (χ1) is 11.9. The Morgan fingerprint density at radius 1 is 0.920 bits per heavy atom. The molecule has 134 valence electrons. The molecular formula is C17H20N2O5S. The van der Waals surface area contributed by atoms with E-state index in [1.807, 2.05) is 6.92 Å². The Morgan fingerprint density at radius 3 is 2.04 bits per heavy atom. The number of hydrogen-bond donors (Lipinski definition) is 1. The number of sulfonamides is 1. The number of hydrazone groups is 1. The molecule has 0 aliphatic heterocycles. The molecule has 2 rings (SSSR count). The van der Waals surface area contributed by atoms with Gasteiger partial charge >= 0.3 is 0 Å². The number of nitrogens with zero attached hydrogens (tertiary/aromatic N) is 1. The average Bonchev–Trinajstić information content (AvgIpc) is 2.61. The van der Waals surface area contributed by atoms with Crippen LogP contribution in [-0.2, 0) is 10.0 Å². The molecule has 0 heterocycles. The summed E-state index contributed by atoms with van der Waals surface area (Å²) in [4.78, 5) is 2.31. The molecule has 0 fully saturated rings. The molecule has 7 nitrogen and oxygen atoms in total. The van der Waals surface area contributed by atoms with Crippen LogP contribution >= 0.6 is 0 Å². The predicted molar refractivity (Wildman–Crippen MR) is 95.2 cm³/mol. The molecular weight excluding hydrogens is 344 g/mol. The highest BCUT2D eigenvalue weighted by molar-refractivity contribution is 7.89. The summed E-state index contributed by atoms with van der Waals surface area (Å²) in [6.07, 6.45) is 1.34. The van der Waals surface area contributed by atoms with Gasteiger partial charge in [0.2, 0.25) is 0 Å². The van der Waals surface area contributed by atoms with E-state index in [0.29, 0.717) is 22.8 Å². The minimum absolute atomic E-state index is 0.134. The van der Waals surface area contributed by atoms with E-state index in [4.69, 9.17) is 14.2 Å². The van der Waals surface area contributed by atoms with Gasteiger partial charge in [-0.2, -0.15) is 13.5 Å². The van der Waals surface area contributed by atoms with Gasteiger partial charge in [0.15, 0.2) is 11.5 Å². The Kier molecular flexibility index (Phi) is 5.87. The second-order valence-corrected chi connectivity index (χ2v) is 6.78. The maximum Gasteiger partial charge on any atom is 0.276 e. The maximum atomic E-state index is 12.2. The van der Waals surface area contributed by atoms with Gasteiger partial charge in [-0.05, 0) is 25.1 Å². The SMILES string of the molecule is COc1cc(OC)c(OC)cc1C=NNS(=O)(=O)c1ccc(C)cc1. The van der Waals surface area contributed by atoms with E-state index in [2.05, 4.69) is 9.93 Å². The molecule has 0 atom stereocenters. The quantitative estimate of drug-likeness (QED) is 0.602. The van der Waals surface area contributed by atoms with Crippen LogP contribution in [0.4, 0.5) is 0 Å². The minimum Gasteiger partial charge on any atom is -0.496 e. The first-order valence-electron chi connectivity index (χ1n) is 7.33. The number of methoxy groups -OCH3 is 3. The van der Waals surface area contributed by atoms with Gasteiger partial charge in [0.1, 0.15) is 5.75 Å². The van der Waals surface area contributed by atoms with E-state index in [1.54, 1.807) is 24.3 Å². The first-order valence-corrected chi connectivity index (χ1v) is 8.81. The number of hydrogen-bond acceptors (Lipinski definition) is 6. The zero-order valence-corrected chi connectivity index (χ0v) is 15.3. The number of ether oxygens (including phenoxy) is 3. The van der Waals surface area contributed by atoms with Gasteiger partial charge in [0.25, 0.3) is 10.0 Å². The van der Waals surface area contributed by atoms with E-state index in [-0.39, 0.29) is 4.90 Å². The van der Waals surface area contributed by atoms with Gasteiger partial charge in [-0.25, -0.2) is 4.83 Å². The summed E-state index contributed by atoms with van der Waals surface area (Å²) < 4.78 is 40.1. The summed E-state index contributed by atoms with van der Waals surface area (Å²) in [5.74, 6) is 1.44. The third kappa shape index (κ3) is 4.42. The Bertz CT molecular complexity index is 861. The largest absolute Gasteiger partial charge is 0.496 e. The highest BCUT2D eigenvalue weighted by Gasteiger charge is 2.13. The van der Waals surface area contributed by atoms with Gasteiger partial charge in [0, 0.05) is 11.6 Å². The maximum absolute atomic E-state index is 12.2. The van der Waals surface area contributed by atoms with Crippen molar-refractivity contribution in [2.75, 3.05) is 21.3 Å².